The molecular formula is C53H45IrN4O. The molecule has 0 fully saturated rings. The first kappa shape index (κ1) is 39.9. The molecule has 1 unspecified atom stereocenters. The zero-order chi connectivity index (χ0) is 40.0. The Morgan fingerprint density at radius 2 is 1.22 bits per heavy atom. The van der Waals surface area contributed by atoms with E-state index >= 15 is 0 Å². The predicted molar refractivity (Wildman–Crippen MR) is 233 cm³/mol. The van der Waals surface area contributed by atoms with Gasteiger partial charge in [-0.05, 0) is 67.6 Å². The van der Waals surface area contributed by atoms with Crippen LogP contribution in [0.4, 0.5) is 0 Å². The van der Waals surface area contributed by atoms with Gasteiger partial charge in [-0.2, -0.15) is 60.7 Å². The van der Waals surface area contributed by atoms with Crippen LogP contribution in [0.2, 0.25) is 0 Å². The van der Waals surface area contributed by atoms with Crippen LogP contribution in [0.25, 0.3) is 39.0 Å². The monoisotopic (exact) mass is 946 g/mol. The number of pyridine rings is 2. The fourth-order valence-electron chi connectivity index (χ4n) is 8.57. The minimum absolute atomic E-state index is 0. The number of hydrogen-bond donors (Lipinski definition) is 0. The molecule has 6 heteroatoms. The number of fused-ring (bicyclic) bond motifs is 3. The van der Waals surface area contributed by atoms with Gasteiger partial charge in [-0.3, -0.25) is 15.0 Å². The summed E-state index contributed by atoms with van der Waals surface area (Å²) in [5.41, 5.74) is 10.3. The van der Waals surface area contributed by atoms with E-state index in [9.17, 15) is 0 Å². The van der Waals surface area contributed by atoms with Crippen LogP contribution < -0.4 is 0 Å². The van der Waals surface area contributed by atoms with Gasteiger partial charge in [0.2, 0.25) is 0 Å². The SMILES string of the molecule is CC(C)c1cc2c(oc3ccccc32)c(C(C)C)c1-n1cc([C@](C)(c2[c-]cccc2)c2ccccn2)nc1-c1[c-]c(C(C)(c2[c-]cccc2)c2ccccn2)ccc1.[Ir+3]. The Kier molecular flexibility index (Phi) is 10.8. The van der Waals surface area contributed by atoms with E-state index in [0.717, 1.165) is 78.3 Å². The zero-order valence-electron chi connectivity index (χ0n) is 34.1. The largest absolute Gasteiger partial charge is 3.00 e. The molecule has 0 radical (unpaired) electrons. The topological polar surface area (TPSA) is 56.7 Å². The van der Waals surface area contributed by atoms with Gasteiger partial charge in [-0.1, -0.05) is 58.0 Å². The van der Waals surface area contributed by atoms with E-state index in [1.54, 1.807) is 0 Å². The second-order valence-corrected chi connectivity index (χ2v) is 16.0. The molecule has 0 aliphatic heterocycles. The molecule has 4 heterocycles. The summed E-state index contributed by atoms with van der Waals surface area (Å²) in [6, 6.07) is 56.5. The van der Waals surface area contributed by atoms with E-state index in [1.807, 2.05) is 67.0 Å². The van der Waals surface area contributed by atoms with Gasteiger partial charge in [0, 0.05) is 46.0 Å². The molecule has 2 atom stereocenters. The number of imidazole rings is 1. The molecule has 0 N–H and O–H groups in total. The van der Waals surface area contributed by atoms with Crippen molar-refractivity contribution in [3.8, 4) is 17.1 Å². The predicted octanol–water partition coefficient (Wildman–Crippen LogP) is 12.6. The Bertz CT molecular complexity index is 2780. The summed E-state index contributed by atoms with van der Waals surface area (Å²) in [7, 11) is 0. The second-order valence-electron chi connectivity index (χ2n) is 16.0. The van der Waals surface area contributed by atoms with Crippen LogP contribution in [0.3, 0.4) is 0 Å². The van der Waals surface area contributed by atoms with Crippen LogP contribution >= 0.6 is 0 Å². The van der Waals surface area contributed by atoms with Crippen LogP contribution in [0.5, 0.6) is 0 Å². The van der Waals surface area contributed by atoms with Gasteiger partial charge in [0.05, 0.1) is 28.3 Å². The van der Waals surface area contributed by atoms with Gasteiger partial charge < -0.3 is 8.98 Å². The Balaban J connectivity index is 0.00000484. The van der Waals surface area contributed by atoms with E-state index in [4.69, 9.17) is 19.4 Å². The van der Waals surface area contributed by atoms with E-state index in [-0.39, 0.29) is 31.9 Å². The summed E-state index contributed by atoms with van der Waals surface area (Å²) in [6.45, 7) is 13.5. The molecule has 9 rings (SSSR count). The van der Waals surface area contributed by atoms with E-state index in [1.165, 1.54) is 5.56 Å². The van der Waals surface area contributed by atoms with E-state index < -0.39 is 10.8 Å². The zero-order valence-corrected chi connectivity index (χ0v) is 36.5. The molecule has 0 amide bonds. The molecular weight excluding hydrogens is 901 g/mol. The molecule has 292 valence electrons. The third kappa shape index (κ3) is 6.75. The van der Waals surface area contributed by atoms with Crippen molar-refractivity contribution in [2.24, 2.45) is 0 Å². The summed E-state index contributed by atoms with van der Waals surface area (Å²) < 4.78 is 9.10. The van der Waals surface area contributed by atoms with Crippen molar-refractivity contribution in [1.29, 1.82) is 0 Å². The third-order valence-electron chi connectivity index (χ3n) is 11.8. The number of aromatic nitrogens is 4. The standard InChI is InChI=1S/C53H45N4O.Ir/c1-35(2)42-33-43-41-26-13-14-27-44(41)58-50(43)48(36(3)4)49(42)57-34-47(53(6,39-23-11-8-12-24-39)46-29-16-18-31-55-46)56-51(57)37-20-19-25-40(32-37)52(5,38-21-9-7-10-22-38)45-28-15-17-30-54-45;/h7-21,23,25-31,33-36H,1-6H3;/q-3;+3/t52?,53-;/m1./s1. The maximum absolute atomic E-state index is 6.79. The fraction of sp³-hybridized carbons (Fsp3) is 0.189. The van der Waals surface area contributed by atoms with Crippen LogP contribution in [0.15, 0.2) is 156 Å². The van der Waals surface area contributed by atoms with Crippen molar-refractivity contribution < 1.29 is 24.5 Å². The molecule has 0 aliphatic carbocycles. The van der Waals surface area contributed by atoms with Crippen LogP contribution in [-0.4, -0.2) is 19.5 Å². The molecule has 4 aromatic heterocycles. The third-order valence-corrected chi connectivity index (χ3v) is 11.8. The summed E-state index contributed by atoms with van der Waals surface area (Å²) in [6.07, 6.45) is 5.93. The number of nitrogens with zero attached hydrogens (tertiary/aromatic N) is 4. The summed E-state index contributed by atoms with van der Waals surface area (Å²) in [5, 5.41) is 2.25. The number of para-hydroxylation sites is 1. The number of hydrogen-bond acceptors (Lipinski definition) is 4. The van der Waals surface area contributed by atoms with Crippen molar-refractivity contribution in [1.82, 2.24) is 19.5 Å². The number of furan rings is 1. The molecule has 59 heavy (non-hydrogen) atoms. The minimum atomic E-state index is -0.749. The number of rotatable bonds is 10. The van der Waals surface area contributed by atoms with Crippen molar-refractivity contribution in [3.05, 3.63) is 215 Å². The van der Waals surface area contributed by atoms with E-state index in [2.05, 4.69) is 149 Å². The van der Waals surface area contributed by atoms with Gasteiger partial charge in [-0.25, -0.2) is 0 Å². The minimum Gasteiger partial charge on any atom is -0.456 e. The summed E-state index contributed by atoms with van der Waals surface area (Å²) in [5.74, 6) is 1.08. The maximum Gasteiger partial charge on any atom is 3.00 e. The maximum atomic E-state index is 6.79. The normalized spacial score (nSPS) is 13.7. The average molecular weight is 946 g/mol. The second kappa shape index (κ2) is 16.0. The molecule has 0 saturated heterocycles. The summed E-state index contributed by atoms with van der Waals surface area (Å²) in [4.78, 5) is 15.5. The van der Waals surface area contributed by atoms with Gasteiger partial charge in [-0.15, -0.1) is 46.5 Å². The van der Waals surface area contributed by atoms with Crippen molar-refractivity contribution in [2.75, 3.05) is 0 Å². The first-order chi connectivity index (χ1) is 28.2. The van der Waals surface area contributed by atoms with Crippen molar-refractivity contribution in [3.63, 3.8) is 0 Å². The van der Waals surface area contributed by atoms with Crippen LogP contribution in [0.1, 0.15) is 98.3 Å². The first-order valence-electron chi connectivity index (χ1n) is 20.1. The van der Waals surface area contributed by atoms with Crippen molar-refractivity contribution in [2.45, 2.75) is 64.2 Å². The molecule has 0 bridgehead atoms. The smallest absolute Gasteiger partial charge is 0.456 e. The van der Waals surface area contributed by atoms with E-state index in [0.29, 0.717) is 0 Å². The van der Waals surface area contributed by atoms with Crippen LogP contribution in [0, 0.1) is 18.2 Å². The van der Waals surface area contributed by atoms with Gasteiger partial charge in [0.1, 0.15) is 11.2 Å². The number of benzene rings is 5. The van der Waals surface area contributed by atoms with Gasteiger partial charge in [0.25, 0.3) is 0 Å². The quantitative estimate of drug-likeness (QED) is 0.128. The summed E-state index contributed by atoms with van der Waals surface area (Å²) >= 11 is 0. The molecule has 5 aromatic carbocycles. The molecule has 0 saturated carbocycles. The first-order valence-corrected chi connectivity index (χ1v) is 20.1. The molecule has 0 aliphatic rings. The fourth-order valence-corrected chi connectivity index (χ4v) is 8.57. The van der Waals surface area contributed by atoms with Crippen molar-refractivity contribution >= 4 is 21.9 Å². The van der Waals surface area contributed by atoms with Gasteiger partial charge >= 0.3 is 20.1 Å². The Labute approximate surface area is 360 Å². The molecule has 0 spiro atoms. The molecule has 5 nitrogen and oxygen atoms in total. The molecule has 9 aromatic rings. The average Bonchev–Trinajstić information content (AvgIpc) is 3.89. The Morgan fingerprint density at radius 3 is 1.83 bits per heavy atom. The Hall–Kier alpha value is -5.94. The van der Waals surface area contributed by atoms with Crippen LogP contribution in [-0.2, 0) is 30.9 Å². The van der Waals surface area contributed by atoms with Gasteiger partial charge in [0.15, 0.2) is 0 Å². The Morgan fingerprint density at radius 1 is 0.610 bits per heavy atom.